The Morgan fingerprint density at radius 1 is 1.13 bits per heavy atom. The summed E-state index contributed by atoms with van der Waals surface area (Å²) in [5.74, 6) is -0.552. The Balaban J connectivity index is 1.46. The molecule has 10 nitrogen and oxygen atoms in total. The van der Waals surface area contributed by atoms with E-state index in [4.69, 9.17) is 9.47 Å². The van der Waals surface area contributed by atoms with E-state index >= 15 is 0 Å². The van der Waals surface area contributed by atoms with Crippen LogP contribution >= 0.6 is 0 Å². The van der Waals surface area contributed by atoms with E-state index in [9.17, 15) is 19.2 Å². The number of rotatable bonds is 6. The summed E-state index contributed by atoms with van der Waals surface area (Å²) >= 11 is 0. The number of nitrogens with zero attached hydrogens (tertiary/aromatic N) is 1. The second-order valence-electron chi connectivity index (χ2n) is 9.90. The second-order valence-corrected chi connectivity index (χ2v) is 9.90. The molecule has 2 aromatic rings. The molecule has 3 atom stereocenters. The zero-order chi connectivity index (χ0) is 27.8. The Bertz CT molecular complexity index is 1200. The molecular formula is C29H36N4O6. The highest BCUT2D eigenvalue weighted by Gasteiger charge is 2.34. The topological polar surface area (TPSA) is 126 Å². The number of aryl methyl sites for hydroxylation is 1. The van der Waals surface area contributed by atoms with Crippen molar-refractivity contribution in [2.75, 3.05) is 26.8 Å². The fourth-order valence-corrected chi connectivity index (χ4v) is 4.96. The Hall–Kier alpha value is -4.08. The van der Waals surface area contributed by atoms with Crippen LogP contribution in [0.5, 0.6) is 11.5 Å². The molecule has 4 rings (SSSR count). The van der Waals surface area contributed by atoms with Crippen molar-refractivity contribution in [3.63, 3.8) is 0 Å². The lowest BCUT2D eigenvalue weighted by molar-refractivity contribution is -0.137. The van der Waals surface area contributed by atoms with E-state index in [2.05, 4.69) is 16.0 Å². The van der Waals surface area contributed by atoms with Crippen molar-refractivity contribution in [3.05, 3.63) is 59.7 Å². The highest BCUT2D eigenvalue weighted by atomic mass is 16.5. The van der Waals surface area contributed by atoms with Crippen molar-refractivity contribution < 1.29 is 28.7 Å². The number of para-hydroxylation sites is 1. The molecule has 0 spiro atoms. The highest BCUT2D eigenvalue weighted by molar-refractivity contribution is 6.01. The number of ether oxygens (including phenoxy) is 2. The van der Waals surface area contributed by atoms with Crippen LogP contribution in [0.4, 0.5) is 0 Å². The van der Waals surface area contributed by atoms with E-state index in [1.165, 1.54) is 0 Å². The zero-order valence-electron chi connectivity index (χ0n) is 22.4. The number of amides is 4. The summed E-state index contributed by atoms with van der Waals surface area (Å²) in [5.41, 5.74) is 1.33. The van der Waals surface area contributed by atoms with Gasteiger partial charge in [-0.1, -0.05) is 24.3 Å². The van der Waals surface area contributed by atoms with Gasteiger partial charge in [-0.15, -0.1) is 0 Å². The maximum absolute atomic E-state index is 13.2. The molecule has 2 aliphatic rings. The third kappa shape index (κ3) is 7.28. The van der Waals surface area contributed by atoms with E-state index < -0.39 is 29.8 Å². The van der Waals surface area contributed by atoms with E-state index in [1.807, 2.05) is 24.3 Å². The summed E-state index contributed by atoms with van der Waals surface area (Å²) < 4.78 is 11.3. The van der Waals surface area contributed by atoms with Gasteiger partial charge >= 0.3 is 0 Å². The fourth-order valence-electron chi connectivity index (χ4n) is 4.96. The summed E-state index contributed by atoms with van der Waals surface area (Å²) in [4.78, 5) is 54.1. The van der Waals surface area contributed by atoms with Crippen LogP contribution in [0.2, 0.25) is 0 Å². The SMILES string of the molecule is COc1cccc(CCCNC(=O)[C@@H]2CC(=O)N[C@@H](C)C(=O)N3CCC[C@@H]3COc3ccccc3C(=O)N2)c1. The van der Waals surface area contributed by atoms with Crippen molar-refractivity contribution in [1.29, 1.82) is 0 Å². The molecule has 2 aromatic carbocycles. The van der Waals surface area contributed by atoms with Gasteiger partial charge in [-0.2, -0.15) is 0 Å². The number of carbonyl (C=O) groups excluding carboxylic acids is 4. The number of hydrogen-bond acceptors (Lipinski definition) is 6. The maximum atomic E-state index is 13.2. The molecule has 3 N–H and O–H groups in total. The van der Waals surface area contributed by atoms with Crippen LogP contribution in [0.25, 0.3) is 0 Å². The van der Waals surface area contributed by atoms with Gasteiger partial charge in [0.15, 0.2) is 0 Å². The minimum Gasteiger partial charge on any atom is -0.497 e. The lowest BCUT2D eigenvalue weighted by atomic mass is 10.1. The van der Waals surface area contributed by atoms with Crippen LogP contribution < -0.4 is 25.4 Å². The number of methoxy groups -OCH3 is 1. The molecule has 0 radical (unpaired) electrons. The van der Waals surface area contributed by atoms with E-state index in [-0.39, 0.29) is 30.5 Å². The average molecular weight is 537 g/mol. The van der Waals surface area contributed by atoms with Crippen LogP contribution in [-0.2, 0) is 20.8 Å². The van der Waals surface area contributed by atoms with Gasteiger partial charge in [-0.25, -0.2) is 0 Å². The van der Waals surface area contributed by atoms with Crippen molar-refractivity contribution >= 4 is 23.6 Å². The minimum atomic E-state index is -1.13. The first-order chi connectivity index (χ1) is 18.9. The van der Waals surface area contributed by atoms with Crippen LogP contribution in [0, 0.1) is 0 Å². The molecule has 10 heteroatoms. The van der Waals surface area contributed by atoms with Gasteiger partial charge < -0.3 is 30.3 Å². The number of fused-ring (bicyclic) bond motifs is 2. The Morgan fingerprint density at radius 2 is 1.95 bits per heavy atom. The number of benzene rings is 2. The first-order valence-electron chi connectivity index (χ1n) is 13.4. The first-order valence-corrected chi connectivity index (χ1v) is 13.4. The van der Waals surface area contributed by atoms with Crippen LogP contribution in [0.3, 0.4) is 0 Å². The van der Waals surface area contributed by atoms with Crippen LogP contribution in [0.1, 0.15) is 48.5 Å². The van der Waals surface area contributed by atoms with Crippen LogP contribution in [-0.4, -0.2) is 73.5 Å². The van der Waals surface area contributed by atoms with Crippen molar-refractivity contribution in [1.82, 2.24) is 20.9 Å². The molecule has 1 saturated heterocycles. The Labute approximate surface area is 228 Å². The molecule has 0 aliphatic carbocycles. The van der Waals surface area contributed by atoms with E-state index in [0.717, 1.165) is 30.6 Å². The van der Waals surface area contributed by atoms with Gasteiger partial charge in [0.25, 0.3) is 5.91 Å². The van der Waals surface area contributed by atoms with Crippen molar-refractivity contribution in [3.8, 4) is 11.5 Å². The fraction of sp³-hybridized carbons (Fsp3) is 0.448. The Morgan fingerprint density at radius 3 is 2.77 bits per heavy atom. The van der Waals surface area contributed by atoms with Gasteiger partial charge in [0.2, 0.25) is 17.7 Å². The molecule has 0 unspecified atom stereocenters. The van der Waals surface area contributed by atoms with E-state index in [1.54, 1.807) is 43.2 Å². The van der Waals surface area contributed by atoms with Gasteiger partial charge in [0, 0.05) is 13.1 Å². The summed E-state index contributed by atoms with van der Waals surface area (Å²) in [5, 5.41) is 8.23. The zero-order valence-corrected chi connectivity index (χ0v) is 22.4. The maximum Gasteiger partial charge on any atom is 0.255 e. The third-order valence-electron chi connectivity index (χ3n) is 7.06. The smallest absolute Gasteiger partial charge is 0.255 e. The quantitative estimate of drug-likeness (QED) is 0.484. The molecule has 1 fully saturated rings. The number of hydrogen-bond donors (Lipinski definition) is 3. The molecule has 2 heterocycles. The first kappa shape index (κ1) is 27.9. The summed E-state index contributed by atoms with van der Waals surface area (Å²) in [7, 11) is 1.61. The van der Waals surface area contributed by atoms with Gasteiger partial charge in [-0.3, -0.25) is 19.2 Å². The lowest BCUT2D eigenvalue weighted by Gasteiger charge is -2.29. The molecule has 0 saturated carbocycles. The normalized spacial score (nSPS) is 21.9. The van der Waals surface area contributed by atoms with Crippen LogP contribution in [0.15, 0.2) is 48.5 Å². The molecule has 0 aromatic heterocycles. The van der Waals surface area contributed by atoms with Crippen molar-refractivity contribution in [2.45, 2.75) is 57.2 Å². The Kier molecular flexibility index (Phi) is 9.40. The lowest BCUT2D eigenvalue weighted by Crippen LogP contribution is -2.53. The summed E-state index contributed by atoms with van der Waals surface area (Å²) in [6.45, 7) is 2.79. The van der Waals surface area contributed by atoms with E-state index in [0.29, 0.717) is 25.3 Å². The predicted octanol–water partition coefficient (Wildman–Crippen LogP) is 1.82. The predicted molar refractivity (Wildman–Crippen MR) is 144 cm³/mol. The standard InChI is InChI=1S/C29H36N4O6/c1-19-29(37)33-15-7-10-21(33)18-39-25-13-4-3-12-23(25)27(35)32-24(17-26(34)31-19)28(36)30-14-6-9-20-8-5-11-22(16-20)38-2/h3-5,8,11-13,16,19,21,24H,6-7,9-10,14-15,17-18H2,1-2H3,(H,30,36)(H,31,34)(H,32,35)/t19-,21+,24-/m0/s1. The molecule has 39 heavy (non-hydrogen) atoms. The molecule has 0 bridgehead atoms. The largest absolute Gasteiger partial charge is 0.497 e. The number of carbonyl (C=O) groups is 4. The monoisotopic (exact) mass is 536 g/mol. The summed E-state index contributed by atoms with van der Waals surface area (Å²) in [6, 6.07) is 12.4. The highest BCUT2D eigenvalue weighted by Crippen LogP contribution is 2.23. The van der Waals surface area contributed by atoms with Gasteiger partial charge in [0.05, 0.1) is 25.1 Å². The molecule has 4 amide bonds. The van der Waals surface area contributed by atoms with Gasteiger partial charge in [-0.05, 0) is 62.4 Å². The third-order valence-corrected chi connectivity index (χ3v) is 7.06. The molecule has 2 aliphatic heterocycles. The second kappa shape index (κ2) is 13.1. The minimum absolute atomic E-state index is 0.147. The summed E-state index contributed by atoms with van der Waals surface area (Å²) in [6.07, 6.45) is 2.68. The number of nitrogens with one attached hydrogen (secondary N) is 3. The average Bonchev–Trinajstić information content (AvgIpc) is 3.41. The van der Waals surface area contributed by atoms with Crippen molar-refractivity contribution in [2.24, 2.45) is 0 Å². The molecular weight excluding hydrogens is 500 g/mol. The molecule has 208 valence electrons. The van der Waals surface area contributed by atoms with Gasteiger partial charge in [0.1, 0.15) is 30.2 Å².